The summed E-state index contributed by atoms with van der Waals surface area (Å²) in [7, 11) is 0. The van der Waals surface area contributed by atoms with E-state index in [0.29, 0.717) is 13.1 Å². The van der Waals surface area contributed by atoms with Gasteiger partial charge < -0.3 is 20.8 Å². The van der Waals surface area contributed by atoms with Crippen molar-refractivity contribution in [3.63, 3.8) is 0 Å². The van der Waals surface area contributed by atoms with Gasteiger partial charge in [0.2, 0.25) is 0 Å². The number of rotatable bonds is 4. The fourth-order valence-corrected chi connectivity index (χ4v) is 2.39. The van der Waals surface area contributed by atoms with Crippen LogP contribution in [-0.2, 0) is 13.1 Å². The zero-order valence-corrected chi connectivity index (χ0v) is 14.1. The molecule has 0 fully saturated rings. The van der Waals surface area contributed by atoms with E-state index in [-0.39, 0.29) is 0 Å². The smallest absolute Gasteiger partial charge is 0.404 e. The predicted molar refractivity (Wildman–Crippen MR) is 100 cm³/mol. The molecule has 0 aromatic heterocycles. The van der Waals surface area contributed by atoms with E-state index in [1.807, 2.05) is 72.8 Å². The summed E-state index contributed by atoms with van der Waals surface area (Å²) in [5, 5.41) is 23.7. The molecule has 0 aliphatic rings. The molecule has 2 amide bonds. The van der Waals surface area contributed by atoms with Crippen molar-refractivity contribution in [3.8, 4) is 0 Å². The van der Waals surface area contributed by atoms with Crippen molar-refractivity contribution in [3.05, 3.63) is 83.9 Å². The van der Waals surface area contributed by atoms with Crippen molar-refractivity contribution in [1.29, 1.82) is 0 Å². The molecule has 0 aliphatic carbocycles. The number of hydrogen-bond acceptors (Lipinski definition) is 2. The number of benzene rings is 3. The Hall–Kier alpha value is -3.54. The van der Waals surface area contributed by atoms with Gasteiger partial charge in [-0.2, -0.15) is 0 Å². The molecule has 3 rings (SSSR count). The monoisotopic (exact) mass is 352 g/mol. The maximum absolute atomic E-state index is 10.4. The quantitative estimate of drug-likeness (QED) is 0.569. The number of carbonyl (C=O) groups is 2. The summed E-state index contributed by atoms with van der Waals surface area (Å²) in [6.45, 7) is 0.715. The Balaban J connectivity index is 0.000000197. The lowest BCUT2D eigenvalue weighted by Gasteiger charge is -2.05. The van der Waals surface area contributed by atoms with Gasteiger partial charge in [0.25, 0.3) is 0 Å². The van der Waals surface area contributed by atoms with Crippen LogP contribution in [0.15, 0.2) is 72.8 Å². The van der Waals surface area contributed by atoms with Crippen LogP contribution in [0.3, 0.4) is 0 Å². The lowest BCUT2D eigenvalue weighted by Crippen LogP contribution is -2.19. The van der Waals surface area contributed by atoms with Gasteiger partial charge in [-0.05, 0) is 21.9 Å². The van der Waals surface area contributed by atoms with Crippen molar-refractivity contribution in [2.75, 3.05) is 0 Å². The number of hydrogen-bond donors (Lipinski definition) is 4. The minimum atomic E-state index is -0.997. The highest BCUT2D eigenvalue weighted by atomic mass is 16.4. The molecule has 0 bridgehead atoms. The summed E-state index contributed by atoms with van der Waals surface area (Å²) in [5.74, 6) is 0. The highest BCUT2D eigenvalue weighted by molar-refractivity contribution is 5.85. The lowest BCUT2D eigenvalue weighted by atomic mass is 10.0. The normalized spacial score (nSPS) is 9.69. The van der Waals surface area contributed by atoms with Gasteiger partial charge in [-0.3, -0.25) is 0 Å². The Kier molecular flexibility index (Phi) is 7.00. The summed E-state index contributed by atoms with van der Waals surface area (Å²) < 4.78 is 0. The topological polar surface area (TPSA) is 98.7 Å². The molecule has 0 atom stereocenters. The van der Waals surface area contributed by atoms with Crippen molar-refractivity contribution in [2.24, 2.45) is 0 Å². The van der Waals surface area contributed by atoms with E-state index in [9.17, 15) is 9.59 Å². The highest BCUT2D eigenvalue weighted by Crippen LogP contribution is 2.17. The number of amides is 2. The van der Waals surface area contributed by atoms with Crippen LogP contribution < -0.4 is 10.6 Å². The molecule has 3 aromatic carbocycles. The Labute approximate surface area is 151 Å². The Morgan fingerprint density at radius 1 is 0.692 bits per heavy atom. The molecule has 0 unspecified atom stereocenters. The van der Waals surface area contributed by atoms with E-state index in [2.05, 4.69) is 10.6 Å². The molecule has 3 aromatic rings. The van der Waals surface area contributed by atoms with Crippen LogP contribution in [0.25, 0.3) is 10.8 Å². The van der Waals surface area contributed by atoms with E-state index >= 15 is 0 Å². The zero-order chi connectivity index (χ0) is 18.8. The van der Waals surface area contributed by atoms with Crippen LogP contribution in [0.2, 0.25) is 0 Å². The first-order chi connectivity index (χ1) is 12.6. The van der Waals surface area contributed by atoms with Gasteiger partial charge in [-0.25, -0.2) is 9.59 Å². The maximum atomic E-state index is 10.4. The molecule has 0 aliphatic heterocycles. The van der Waals surface area contributed by atoms with Crippen LogP contribution in [0, 0.1) is 0 Å². The zero-order valence-electron chi connectivity index (χ0n) is 14.1. The van der Waals surface area contributed by atoms with Crippen LogP contribution in [0.5, 0.6) is 0 Å². The molecule has 0 saturated heterocycles. The average Bonchev–Trinajstić information content (AvgIpc) is 2.66. The molecule has 0 heterocycles. The molecular weight excluding hydrogens is 332 g/mol. The lowest BCUT2D eigenvalue weighted by molar-refractivity contribution is 0.192. The molecule has 0 radical (unpaired) electrons. The van der Waals surface area contributed by atoms with Crippen LogP contribution in [0.4, 0.5) is 9.59 Å². The van der Waals surface area contributed by atoms with Crippen molar-refractivity contribution < 1.29 is 19.8 Å². The minimum Gasteiger partial charge on any atom is -0.465 e. The third-order valence-electron chi connectivity index (χ3n) is 3.60. The molecule has 134 valence electrons. The molecule has 0 saturated carbocycles. The van der Waals surface area contributed by atoms with E-state index in [1.54, 1.807) is 0 Å². The van der Waals surface area contributed by atoms with E-state index in [1.165, 1.54) is 0 Å². The molecular formula is C20H20N2O4. The highest BCUT2D eigenvalue weighted by Gasteiger charge is 2.01. The second-order valence-corrected chi connectivity index (χ2v) is 5.44. The van der Waals surface area contributed by atoms with Gasteiger partial charge >= 0.3 is 12.2 Å². The number of nitrogens with one attached hydrogen (secondary N) is 2. The molecule has 4 N–H and O–H groups in total. The summed E-state index contributed by atoms with van der Waals surface area (Å²) in [6.07, 6.45) is -1.99. The van der Waals surface area contributed by atoms with Gasteiger partial charge in [0, 0.05) is 13.1 Å². The van der Waals surface area contributed by atoms with Gasteiger partial charge in [-0.15, -0.1) is 0 Å². The summed E-state index contributed by atoms with van der Waals surface area (Å²) >= 11 is 0. The number of carboxylic acid groups (broad SMARTS) is 2. The molecule has 0 spiro atoms. The van der Waals surface area contributed by atoms with Crippen LogP contribution in [-0.4, -0.2) is 22.4 Å². The first kappa shape index (κ1) is 18.8. The van der Waals surface area contributed by atoms with Gasteiger partial charge in [-0.1, -0.05) is 72.8 Å². The number of fused-ring (bicyclic) bond motifs is 1. The third kappa shape index (κ3) is 6.16. The Morgan fingerprint density at radius 2 is 1.27 bits per heavy atom. The third-order valence-corrected chi connectivity index (χ3v) is 3.60. The minimum absolute atomic E-state index is 0.344. The van der Waals surface area contributed by atoms with Crippen molar-refractivity contribution in [2.45, 2.75) is 13.1 Å². The molecule has 26 heavy (non-hydrogen) atoms. The van der Waals surface area contributed by atoms with Crippen LogP contribution in [0.1, 0.15) is 11.1 Å². The summed E-state index contributed by atoms with van der Waals surface area (Å²) in [4.78, 5) is 20.5. The molecule has 6 heteroatoms. The fourth-order valence-electron chi connectivity index (χ4n) is 2.39. The standard InChI is InChI=1S/C12H11NO2.C8H9NO2/c14-12(15)13-8-10-6-3-5-9-4-1-2-7-11(9)10;10-8(11)9-6-7-4-2-1-3-5-7/h1-7,13H,8H2,(H,14,15);1-5,9H,6H2,(H,10,11). The van der Waals surface area contributed by atoms with Crippen molar-refractivity contribution >= 4 is 23.0 Å². The first-order valence-corrected chi connectivity index (χ1v) is 8.00. The van der Waals surface area contributed by atoms with Gasteiger partial charge in [0.1, 0.15) is 0 Å². The van der Waals surface area contributed by atoms with Crippen molar-refractivity contribution in [1.82, 2.24) is 10.6 Å². The molecule has 6 nitrogen and oxygen atoms in total. The van der Waals surface area contributed by atoms with E-state index in [4.69, 9.17) is 10.2 Å². The first-order valence-electron chi connectivity index (χ1n) is 8.00. The maximum Gasteiger partial charge on any atom is 0.404 e. The summed E-state index contributed by atoms with van der Waals surface area (Å²) in [5.41, 5.74) is 1.96. The van der Waals surface area contributed by atoms with Gasteiger partial charge in [0.05, 0.1) is 0 Å². The Morgan fingerprint density at radius 3 is 1.96 bits per heavy atom. The largest absolute Gasteiger partial charge is 0.465 e. The van der Waals surface area contributed by atoms with E-state index < -0.39 is 12.2 Å². The fraction of sp³-hybridized carbons (Fsp3) is 0.100. The summed E-state index contributed by atoms with van der Waals surface area (Å²) in [6, 6.07) is 23.2. The Bertz CT molecular complexity index is 861. The average molecular weight is 352 g/mol. The SMILES string of the molecule is O=C(O)NCc1cccc2ccccc12.O=C(O)NCc1ccccc1. The second-order valence-electron chi connectivity index (χ2n) is 5.44. The van der Waals surface area contributed by atoms with Crippen LogP contribution >= 0.6 is 0 Å². The van der Waals surface area contributed by atoms with Gasteiger partial charge in [0.15, 0.2) is 0 Å². The van der Waals surface area contributed by atoms with E-state index in [0.717, 1.165) is 21.9 Å². The second kappa shape index (κ2) is 9.68. The predicted octanol–water partition coefficient (Wildman–Crippen LogP) is 4.06.